The average molecular weight is 272 g/mol. The van der Waals surface area contributed by atoms with Gasteiger partial charge in [0.05, 0.1) is 5.88 Å². The second kappa shape index (κ2) is 8.14. The molecule has 0 spiro atoms. The van der Waals surface area contributed by atoms with Crippen LogP contribution in [0.25, 0.3) is 0 Å². The molecule has 0 rings (SSSR count). The van der Waals surface area contributed by atoms with Gasteiger partial charge in [-0.15, -0.1) is 11.8 Å². The molecule has 0 aliphatic heterocycles. The summed E-state index contributed by atoms with van der Waals surface area (Å²) in [4.78, 5) is 2.41. The van der Waals surface area contributed by atoms with Crippen LogP contribution in [-0.4, -0.2) is 23.6 Å². The van der Waals surface area contributed by atoms with Crippen LogP contribution in [0.1, 0.15) is 61.3 Å². The molecule has 0 aromatic rings. The van der Waals surface area contributed by atoms with E-state index in [1.807, 2.05) is 11.8 Å². The highest BCUT2D eigenvalue weighted by atomic mass is 32.2. The molecule has 0 N–H and O–H groups in total. The summed E-state index contributed by atoms with van der Waals surface area (Å²) in [5, 5.41) is 0. The highest BCUT2D eigenvalue weighted by Crippen LogP contribution is 2.38. The van der Waals surface area contributed by atoms with E-state index in [1.54, 1.807) is 5.57 Å². The summed E-state index contributed by atoms with van der Waals surface area (Å²) >= 11 is 1.99. The fourth-order valence-electron chi connectivity index (χ4n) is 2.22. The van der Waals surface area contributed by atoms with Gasteiger partial charge in [-0.05, 0) is 36.0 Å². The third-order valence-electron chi connectivity index (χ3n) is 4.51. The molecule has 1 atom stereocenters. The summed E-state index contributed by atoms with van der Waals surface area (Å²) in [6.07, 6.45) is 2.40. The van der Waals surface area contributed by atoms with Gasteiger partial charge >= 0.3 is 0 Å². The molecule has 0 amide bonds. The average Bonchev–Trinajstić information content (AvgIpc) is 2.36. The van der Waals surface area contributed by atoms with Crippen molar-refractivity contribution in [2.75, 3.05) is 18.7 Å². The first-order valence-corrected chi connectivity index (χ1v) is 8.45. The minimum Gasteiger partial charge on any atom is -0.369 e. The van der Waals surface area contributed by atoms with Crippen molar-refractivity contribution in [2.45, 2.75) is 61.3 Å². The van der Waals surface area contributed by atoms with E-state index in [-0.39, 0.29) is 0 Å². The molecule has 0 heterocycles. The van der Waals surface area contributed by atoms with Gasteiger partial charge < -0.3 is 4.90 Å². The zero-order chi connectivity index (χ0) is 14.3. The molecular weight excluding hydrogens is 238 g/mol. The van der Waals surface area contributed by atoms with Crippen molar-refractivity contribution in [3.05, 3.63) is 11.3 Å². The van der Waals surface area contributed by atoms with E-state index in [2.05, 4.69) is 60.4 Å². The van der Waals surface area contributed by atoms with Crippen molar-refractivity contribution in [1.29, 1.82) is 0 Å². The Hall–Kier alpha value is -0.110. The van der Waals surface area contributed by atoms with E-state index in [1.165, 1.54) is 17.9 Å². The minimum absolute atomic E-state index is 0.394. The van der Waals surface area contributed by atoms with Crippen LogP contribution in [0, 0.1) is 11.3 Å². The normalized spacial score (nSPS) is 15.3. The fraction of sp³-hybridized carbons (Fsp3) is 0.875. The second-order valence-corrected chi connectivity index (χ2v) is 7.09. The predicted octanol–water partition coefficient (Wildman–Crippen LogP) is 5.39. The highest BCUT2D eigenvalue weighted by Gasteiger charge is 2.27. The summed E-state index contributed by atoms with van der Waals surface area (Å²) in [7, 11) is 2.22. The van der Waals surface area contributed by atoms with Crippen molar-refractivity contribution in [3.63, 3.8) is 0 Å². The van der Waals surface area contributed by atoms with Crippen LogP contribution in [0.5, 0.6) is 0 Å². The molecule has 2 heteroatoms. The number of allylic oxidation sites excluding steroid dienone is 2. The number of rotatable bonds is 8. The van der Waals surface area contributed by atoms with Crippen molar-refractivity contribution >= 4 is 11.8 Å². The molecule has 0 saturated heterocycles. The van der Waals surface area contributed by atoms with E-state index < -0.39 is 0 Å². The molecule has 0 aromatic heterocycles. The molecule has 0 aliphatic carbocycles. The van der Waals surface area contributed by atoms with Crippen LogP contribution in [0.15, 0.2) is 11.3 Å². The highest BCUT2D eigenvalue weighted by molar-refractivity contribution is 7.99. The Labute approximate surface area is 119 Å². The van der Waals surface area contributed by atoms with Crippen molar-refractivity contribution in [3.8, 4) is 0 Å². The first-order chi connectivity index (χ1) is 8.31. The Morgan fingerprint density at radius 2 is 1.78 bits per heavy atom. The fourth-order valence-corrected chi connectivity index (χ4v) is 2.87. The van der Waals surface area contributed by atoms with Gasteiger partial charge in [0, 0.05) is 12.7 Å². The molecule has 0 aromatic carbocycles. The molecule has 0 fully saturated rings. The molecule has 0 bridgehead atoms. The van der Waals surface area contributed by atoms with Crippen LogP contribution < -0.4 is 0 Å². The molecule has 0 aliphatic rings. The third-order valence-corrected chi connectivity index (χ3v) is 5.49. The zero-order valence-corrected chi connectivity index (χ0v) is 14.6. The molecule has 1 nitrogen and oxygen atoms in total. The Morgan fingerprint density at radius 1 is 1.22 bits per heavy atom. The van der Waals surface area contributed by atoms with E-state index in [0.29, 0.717) is 11.3 Å². The smallest absolute Gasteiger partial charge is 0.0633 e. The quantitative estimate of drug-likeness (QED) is 0.545. The predicted molar refractivity (Wildman–Crippen MR) is 87.0 cm³/mol. The molecular formula is C16H33NS. The minimum atomic E-state index is 0.394. The van der Waals surface area contributed by atoms with E-state index >= 15 is 0 Å². The summed E-state index contributed by atoms with van der Waals surface area (Å²) in [5.41, 5.74) is 3.50. The van der Waals surface area contributed by atoms with Crippen molar-refractivity contribution in [2.24, 2.45) is 11.3 Å². The molecule has 18 heavy (non-hydrogen) atoms. The van der Waals surface area contributed by atoms with Gasteiger partial charge in [-0.1, -0.05) is 48.0 Å². The van der Waals surface area contributed by atoms with E-state index in [4.69, 9.17) is 0 Å². The van der Waals surface area contributed by atoms with Crippen LogP contribution in [0.4, 0.5) is 0 Å². The zero-order valence-electron chi connectivity index (χ0n) is 13.8. The van der Waals surface area contributed by atoms with Gasteiger partial charge in [0.1, 0.15) is 0 Å². The van der Waals surface area contributed by atoms with Gasteiger partial charge in [-0.3, -0.25) is 0 Å². The lowest BCUT2D eigenvalue weighted by atomic mass is 9.73. The van der Waals surface area contributed by atoms with Crippen LogP contribution in [-0.2, 0) is 0 Å². The van der Waals surface area contributed by atoms with Crippen LogP contribution in [0.3, 0.4) is 0 Å². The maximum Gasteiger partial charge on any atom is 0.0633 e. The van der Waals surface area contributed by atoms with Crippen LogP contribution >= 0.6 is 11.8 Å². The molecule has 0 saturated carbocycles. The number of hydrogen-bond donors (Lipinski definition) is 0. The SMILES string of the molecule is CCSCN(C)C(C)=C(CC)C(C)C(C)(C)CC. The van der Waals surface area contributed by atoms with Gasteiger partial charge in [0.25, 0.3) is 0 Å². The standard InChI is InChI=1S/C16H33NS/c1-9-15(13(4)16(6,7)10-2)14(5)17(8)12-18-11-3/h13H,9-12H2,1-8H3. The van der Waals surface area contributed by atoms with E-state index in [9.17, 15) is 0 Å². The number of thioether (sulfide) groups is 1. The lowest BCUT2D eigenvalue weighted by Crippen LogP contribution is -2.26. The first kappa shape index (κ1) is 17.9. The Morgan fingerprint density at radius 3 is 2.17 bits per heavy atom. The van der Waals surface area contributed by atoms with Crippen molar-refractivity contribution < 1.29 is 0 Å². The maximum atomic E-state index is 2.41. The van der Waals surface area contributed by atoms with Gasteiger partial charge in [-0.25, -0.2) is 0 Å². The Kier molecular flexibility index (Phi) is 8.09. The molecule has 108 valence electrons. The number of nitrogens with zero attached hydrogens (tertiary/aromatic N) is 1. The third kappa shape index (κ3) is 4.87. The monoisotopic (exact) mass is 271 g/mol. The summed E-state index contributed by atoms with van der Waals surface area (Å²) in [5.74, 6) is 2.95. The largest absolute Gasteiger partial charge is 0.369 e. The summed E-state index contributed by atoms with van der Waals surface area (Å²) < 4.78 is 0. The lowest BCUT2D eigenvalue weighted by molar-refractivity contribution is 0.245. The van der Waals surface area contributed by atoms with Gasteiger partial charge in [0.15, 0.2) is 0 Å². The summed E-state index contributed by atoms with van der Waals surface area (Å²) in [6.45, 7) is 16.3. The summed E-state index contributed by atoms with van der Waals surface area (Å²) in [6, 6.07) is 0. The molecule has 1 unspecified atom stereocenters. The number of hydrogen-bond acceptors (Lipinski definition) is 2. The molecule has 0 radical (unpaired) electrons. The second-order valence-electron chi connectivity index (χ2n) is 5.85. The van der Waals surface area contributed by atoms with Gasteiger partial charge in [-0.2, -0.15) is 0 Å². The van der Waals surface area contributed by atoms with Crippen molar-refractivity contribution in [1.82, 2.24) is 4.90 Å². The maximum absolute atomic E-state index is 2.41. The lowest BCUT2D eigenvalue weighted by Gasteiger charge is -2.35. The Bertz CT molecular complexity index is 268. The van der Waals surface area contributed by atoms with Gasteiger partial charge in [0.2, 0.25) is 0 Å². The topological polar surface area (TPSA) is 3.24 Å². The Balaban J connectivity index is 5.02. The first-order valence-electron chi connectivity index (χ1n) is 7.30. The van der Waals surface area contributed by atoms with Crippen LogP contribution in [0.2, 0.25) is 0 Å². The van der Waals surface area contributed by atoms with E-state index in [0.717, 1.165) is 12.3 Å².